The quantitative estimate of drug-likeness (QED) is 0.892. The minimum Gasteiger partial charge on any atom is -0.496 e. The Morgan fingerprint density at radius 2 is 1.78 bits per heavy atom. The van der Waals surface area contributed by atoms with Crippen LogP contribution in [0.3, 0.4) is 0 Å². The van der Waals surface area contributed by atoms with Crippen LogP contribution in [-0.2, 0) is 4.79 Å². The fraction of sp³-hybridized carbons (Fsp3) is 0.222. The van der Waals surface area contributed by atoms with Crippen molar-refractivity contribution in [1.29, 1.82) is 0 Å². The molecule has 0 bridgehead atoms. The van der Waals surface area contributed by atoms with Crippen molar-refractivity contribution in [1.82, 2.24) is 5.32 Å². The van der Waals surface area contributed by atoms with E-state index < -0.39 is 0 Å². The van der Waals surface area contributed by atoms with E-state index in [0.29, 0.717) is 11.3 Å². The number of rotatable bonds is 5. The van der Waals surface area contributed by atoms with E-state index in [1.807, 2.05) is 32.0 Å². The van der Waals surface area contributed by atoms with Crippen molar-refractivity contribution in [2.45, 2.75) is 13.8 Å². The SMILES string of the molecule is COc1ccccc1C(=O)NCC(=O)Nc1cccc(C)c1C. The summed E-state index contributed by atoms with van der Waals surface area (Å²) in [4.78, 5) is 24.1. The highest BCUT2D eigenvalue weighted by Gasteiger charge is 2.13. The minimum atomic E-state index is -0.349. The molecule has 2 N–H and O–H groups in total. The van der Waals surface area contributed by atoms with Gasteiger partial charge < -0.3 is 15.4 Å². The third kappa shape index (κ3) is 4.10. The monoisotopic (exact) mass is 312 g/mol. The summed E-state index contributed by atoms with van der Waals surface area (Å²) < 4.78 is 5.14. The van der Waals surface area contributed by atoms with E-state index in [0.717, 1.165) is 16.8 Å². The molecule has 0 saturated heterocycles. The molecule has 0 aliphatic rings. The molecule has 0 fully saturated rings. The van der Waals surface area contributed by atoms with Gasteiger partial charge in [0, 0.05) is 5.69 Å². The zero-order valence-electron chi connectivity index (χ0n) is 13.5. The molecule has 2 rings (SSSR count). The smallest absolute Gasteiger partial charge is 0.255 e. The second-order valence-corrected chi connectivity index (χ2v) is 5.18. The van der Waals surface area contributed by atoms with E-state index in [4.69, 9.17) is 4.74 Å². The summed E-state index contributed by atoms with van der Waals surface area (Å²) in [6.45, 7) is 3.82. The van der Waals surface area contributed by atoms with Crippen LogP contribution in [0, 0.1) is 13.8 Å². The summed E-state index contributed by atoms with van der Waals surface area (Å²) in [5, 5.41) is 5.40. The molecule has 0 aliphatic carbocycles. The van der Waals surface area contributed by atoms with Crippen molar-refractivity contribution < 1.29 is 14.3 Å². The zero-order valence-corrected chi connectivity index (χ0v) is 13.5. The Kier molecular flexibility index (Phi) is 5.36. The van der Waals surface area contributed by atoms with Crippen molar-refractivity contribution in [3.63, 3.8) is 0 Å². The lowest BCUT2D eigenvalue weighted by atomic mass is 10.1. The van der Waals surface area contributed by atoms with Crippen LogP contribution in [0.2, 0.25) is 0 Å². The molecule has 0 aliphatic heterocycles. The molecule has 0 spiro atoms. The maximum atomic E-state index is 12.1. The number of aryl methyl sites for hydroxylation is 1. The fourth-order valence-corrected chi connectivity index (χ4v) is 2.17. The van der Waals surface area contributed by atoms with Gasteiger partial charge in [-0.3, -0.25) is 9.59 Å². The van der Waals surface area contributed by atoms with Gasteiger partial charge in [0.1, 0.15) is 5.75 Å². The number of nitrogens with one attached hydrogen (secondary N) is 2. The summed E-state index contributed by atoms with van der Waals surface area (Å²) in [7, 11) is 1.50. The van der Waals surface area contributed by atoms with Crippen molar-refractivity contribution in [2.24, 2.45) is 0 Å². The Morgan fingerprint density at radius 3 is 2.52 bits per heavy atom. The highest BCUT2D eigenvalue weighted by atomic mass is 16.5. The highest BCUT2D eigenvalue weighted by molar-refractivity contribution is 6.01. The number of methoxy groups -OCH3 is 1. The van der Waals surface area contributed by atoms with Crippen LogP contribution in [-0.4, -0.2) is 25.5 Å². The van der Waals surface area contributed by atoms with Gasteiger partial charge in [0.2, 0.25) is 5.91 Å². The third-order valence-electron chi connectivity index (χ3n) is 3.64. The molecule has 0 atom stereocenters. The van der Waals surface area contributed by atoms with Crippen molar-refractivity contribution >= 4 is 17.5 Å². The minimum absolute atomic E-state index is 0.107. The van der Waals surface area contributed by atoms with Gasteiger partial charge in [0.05, 0.1) is 19.2 Å². The molecule has 0 radical (unpaired) electrons. The molecule has 0 aromatic heterocycles. The van der Waals surface area contributed by atoms with Crippen LogP contribution in [0.5, 0.6) is 5.75 Å². The molecule has 23 heavy (non-hydrogen) atoms. The van der Waals surface area contributed by atoms with Gasteiger partial charge in [-0.2, -0.15) is 0 Å². The number of hydrogen-bond donors (Lipinski definition) is 2. The number of benzene rings is 2. The molecule has 2 amide bonds. The van der Waals surface area contributed by atoms with E-state index in [1.165, 1.54) is 7.11 Å². The van der Waals surface area contributed by atoms with Gasteiger partial charge in [0.25, 0.3) is 5.91 Å². The van der Waals surface area contributed by atoms with Gasteiger partial charge >= 0.3 is 0 Å². The molecule has 2 aromatic rings. The van der Waals surface area contributed by atoms with Gasteiger partial charge in [-0.1, -0.05) is 24.3 Å². The topological polar surface area (TPSA) is 67.4 Å². The Morgan fingerprint density at radius 1 is 1.04 bits per heavy atom. The normalized spacial score (nSPS) is 10.0. The van der Waals surface area contributed by atoms with E-state index in [1.54, 1.807) is 24.3 Å². The first-order valence-corrected chi connectivity index (χ1v) is 7.30. The van der Waals surface area contributed by atoms with Crippen LogP contribution in [0.15, 0.2) is 42.5 Å². The predicted octanol–water partition coefficient (Wildman–Crippen LogP) is 2.68. The van der Waals surface area contributed by atoms with Crippen LogP contribution in [0.25, 0.3) is 0 Å². The molecular formula is C18H20N2O3. The molecule has 0 unspecified atom stereocenters. The van der Waals surface area contributed by atoms with Gasteiger partial charge in [-0.05, 0) is 43.2 Å². The van der Waals surface area contributed by atoms with E-state index >= 15 is 0 Å². The largest absolute Gasteiger partial charge is 0.496 e. The van der Waals surface area contributed by atoms with E-state index in [9.17, 15) is 9.59 Å². The molecule has 0 saturated carbocycles. The second kappa shape index (κ2) is 7.45. The number of carbonyl (C=O) groups excluding carboxylic acids is 2. The average Bonchev–Trinajstić information content (AvgIpc) is 2.56. The molecular weight excluding hydrogens is 292 g/mol. The Bertz CT molecular complexity index is 726. The first-order chi connectivity index (χ1) is 11.0. The lowest BCUT2D eigenvalue weighted by Crippen LogP contribution is -2.33. The van der Waals surface area contributed by atoms with Crippen molar-refractivity contribution in [2.75, 3.05) is 19.0 Å². The Balaban J connectivity index is 1.96. The summed E-state index contributed by atoms with van der Waals surface area (Å²) in [5.41, 5.74) is 3.26. The van der Waals surface area contributed by atoms with Crippen LogP contribution >= 0.6 is 0 Å². The van der Waals surface area contributed by atoms with Crippen LogP contribution in [0.1, 0.15) is 21.5 Å². The first kappa shape index (κ1) is 16.5. The van der Waals surface area contributed by atoms with E-state index in [2.05, 4.69) is 10.6 Å². The molecule has 120 valence electrons. The van der Waals surface area contributed by atoms with E-state index in [-0.39, 0.29) is 18.4 Å². The van der Waals surface area contributed by atoms with Crippen molar-refractivity contribution in [3.8, 4) is 5.75 Å². The number of para-hydroxylation sites is 1. The van der Waals surface area contributed by atoms with Crippen molar-refractivity contribution in [3.05, 3.63) is 59.2 Å². The standard InChI is InChI=1S/C18H20N2O3/c1-12-7-6-9-15(13(12)2)20-17(21)11-19-18(22)14-8-4-5-10-16(14)23-3/h4-10H,11H2,1-3H3,(H,19,22)(H,20,21). The zero-order chi connectivity index (χ0) is 16.8. The lowest BCUT2D eigenvalue weighted by molar-refractivity contribution is -0.115. The average molecular weight is 312 g/mol. The number of anilines is 1. The number of carbonyl (C=O) groups is 2. The Labute approximate surface area is 135 Å². The highest BCUT2D eigenvalue weighted by Crippen LogP contribution is 2.18. The molecule has 5 nitrogen and oxygen atoms in total. The van der Waals surface area contributed by atoms with Gasteiger partial charge in [-0.15, -0.1) is 0 Å². The number of amides is 2. The molecule has 5 heteroatoms. The van der Waals surface area contributed by atoms with Gasteiger partial charge in [0.15, 0.2) is 0 Å². The van der Waals surface area contributed by atoms with Crippen LogP contribution < -0.4 is 15.4 Å². The predicted molar refractivity (Wildman–Crippen MR) is 89.9 cm³/mol. The fourth-order valence-electron chi connectivity index (χ4n) is 2.17. The summed E-state index contributed by atoms with van der Waals surface area (Å²) >= 11 is 0. The summed E-state index contributed by atoms with van der Waals surface area (Å²) in [5.74, 6) is -0.152. The third-order valence-corrected chi connectivity index (χ3v) is 3.64. The summed E-state index contributed by atoms with van der Waals surface area (Å²) in [6, 6.07) is 12.6. The number of ether oxygens (including phenoxy) is 1. The lowest BCUT2D eigenvalue weighted by Gasteiger charge is -2.11. The van der Waals surface area contributed by atoms with Crippen LogP contribution in [0.4, 0.5) is 5.69 Å². The molecule has 0 heterocycles. The second-order valence-electron chi connectivity index (χ2n) is 5.18. The maximum absolute atomic E-state index is 12.1. The first-order valence-electron chi connectivity index (χ1n) is 7.30. The Hall–Kier alpha value is -2.82. The van der Waals surface area contributed by atoms with Gasteiger partial charge in [-0.25, -0.2) is 0 Å². The maximum Gasteiger partial charge on any atom is 0.255 e. The molecule has 2 aromatic carbocycles. The summed E-state index contributed by atoms with van der Waals surface area (Å²) in [6.07, 6.45) is 0. The number of hydrogen-bond acceptors (Lipinski definition) is 3.